The highest BCUT2D eigenvalue weighted by Crippen LogP contribution is 2.28. The van der Waals surface area contributed by atoms with Gasteiger partial charge in [0.05, 0.1) is 24.8 Å². The van der Waals surface area contributed by atoms with E-state index < -0.39 is 0 Å². The predicted octanol–water partition coefficient (Wildman–Crippen LogP) is 2.86. The maximum Gasteiger partial charge on any atom is 0.219 e. The molecule has 0 spiro atoms. The van der Waals surface area contributed by atoms with Gasteiger partial charge in [-0.05, 0) is 46.8 Å². The Labute approximate surface area is 154 Å². The molecule has 1 N–H and O–H groups in total. The average Bonchev–Trinajstić information content (AvgIpc) is 2.98. The third kappa shape index (κ3) is 3.39. The van der Waals surface area contributed by atoms with E-state index in [2.05, 4.69) is 15.5 Å². The smallest absolute Gasteiger partial charge is 0.219 e. The van der Waals surface area contributed by atoms with Crippen molar-refractivity contribution in [2.45, 2.75) is 6.04 Å². The van der Waals surface area contributed by atoms with Crippen LogP contribution in [-0.2, 0) is 0 Å². The van der Waals surface area contributed by atoms with E-state index in [1.54, 1.807) is 16.8 Å². The molecule has 0 unspecified atom stereocenters. The highest BCUT2D eigenvalue weighted by molar-refractivity contribution is 6.35. The monoisotopic (exact) mass is 382 g/mol. The van der Waals surface area contributed by atoms with Gasteiger partial charge < -0.3 is 4.90 Å². The molecule has 0 aliphatic rings. The van der Waals surface area contributed by atoms with Gasteiger partial charge in [0.25, 0.3) is 0 Å². The van der Waals surface area contributed by atoms with E-state index >= 15 is 0 Å². The highest BCUT2D eigenvalue weighted by atomic mass is 35.5. The number of aromatic nitrogens is 4. The topological polar surface area (TPSA) is 48.0 Å². The lowest BCUT2D eigenvalue weighted by Gasteiger charge is -2.22. The average molecular weight is 384 g/mol. The van der Waals surface area contributed by atoms with Gasteiger partial charge in [-0.3, -0.25) is 0 Å². The fourth-order valence-electron chi connectivity index (χ4n) is 2.61. The molecule has 3 rings (SSSR count). The molecule has 1 aromatic heterocycles. The highest BCUT2D eigenvalue weighted by Gasteiger charge is 2.29. The van der Waals surface area contributed by atoms with Crippen LogP contribution in [0.25, 0.3) is 5.69 Å². The summed E-state index contributed by atoms with van der Waals surface area (Å²) in [6, 6.07) is 12.6. The first-order chi connectivity index (χ1) is 11.5. The van der Waals surface area contributed by atoms with Crippen LogP contribution in [0.1, 0.15) is 17.4 Å². The summed E-state index contributed by atoms with van der Waals surface area (Å²) < 4.78 is 1.68. The number of nitrogens with zero attached hydrogens (tertiary/aromatic N) is 4. The molecule has 0 radical (unpaired) electrons. The summed E-state index contributed by atoms with van der Waals surface area (Å²) in [5, 5.41) is 14.0. The molecule has 8 heteroatoms. The maximum absolute atomic E-state index is 6.41. The number of nitrogens with one attached hydrogen (secondary N) is 1. The quantitative estimate of drug-likeness (QED) is 0.753. The summed E-state index contributed by atoms with van der Waals surface area (Å²) in [5.74, 6) is 0.668. The lowest BCUT2D eigenvalue weighted by Crippen LogP contribution is -3.06. The Bertz CT molecular complexity index is 862. The molecule has 0 fully saturated rings. The summed E-state index contributed by atoms with van der Waals surface area (Å²) in [5.41, 5.74) is 1.69. The Balaban J connectivity index is 2.13. The molecule has 0 saturated carbocycles. The molecule has 0 bridgehead atoms. The maximum atomic E-state index is 6.41. The Hall–Kier alpha value is -1.66. The van der Waals surface area contributed by atoms with Crippen molar-refractivity contribution in [3.8, 4) is 5.69 Å². The molecule has 3 aromatic rings. The Morgan fingerprint density at radius 1 is 1.00 bits per heavy atom. The molecule has 0 aliphatic heterocycles. The molecule has 1 atom stereocenters. The second kappa shape index (κ2) is 7.07. The van der Waals surface area contributed by atoms with Gasteiger partial charge >= 0.3 is 0 Å². The van der Waals surface area contributed by atoms with E-state index in [-0.39, 0.29) is 6.04 Å². The van der Waals surface area contributed by atoms with E-state index in [0.29, 0.717) is 20.9 Å². The van der Waals surface area contributed by atoms with Gasteiger partial charge in [-0.2, -0.15) is 4.68 Å². The van der Waals surface area contributed by atoms with E-state index in [9.17, 15) is 0 Å². The van der Waals surface area contributed by atoms with Crippen molar-refractivity contribution in [2.24, 2.45) is 0 Å². The Morgan fingerprint density at radius 2 is 1.75 bits per heavy atom. The summed E-state index contributed by atoms with van der Waals surface area (Å²) in [6.45, 7) is 0. The van der Waals surface area contributed by atoms with Crippen molar-refractivity contribution in [3.63, 3.8) is 0 Å². The van der Waals surface area contributed by atoms with Crippen molar-refractivity contribution in [1.29, 1.82) is 0 Å². The van der Waals surface area contributed by atoms with Crippen LogP contribution in [0.3, 0.4) is 0 Å². The number of rotatable bonds is 4. The van der Waals surface area contributed by atoms with Gasteiger partial charge in [0.15, 0.2) is 6.04 Å². The molecule has 1 heterocycles. The van der Waals surface area contributed by atoms with E-state index in [1.807, 2.05) is 44.4 Å². The standard InChI is InChI=1S/C16H14Cl3N5/c1-23(2)15(13-7-6-11(18)9-14(13)19)16-20-21-22-24(16)12-5-3-4-10(17)8-12/h3-9,15H,1-2H3/p+1/t15-/m0/s1. The van der Waals surface area contributed by atoms with Gasteiger partial charge in [-0.1, -0.05) is 40.9 Å². The van der Waals surface area contributed by atoms with Crippen molar-refractivity contribution in [2.75, 3.05) is 14.1 Å². The zero-order valence-electron chi connectivity index (χ0n) is 13.0. The predicted molar refractivity (Wildman–Crippen MR) is 95.3 cm³/mol. The van der Waals surface area contributed by atoms with Gasteiger partial charge in [-0.15, -0.1) is 5.10 Å². The zero-order valence-corrected chi connectivity index (χ0v) is 15.3. The lowest BCUT2D eigenvalue weighted by atomic mass is 10.0. The molecule has 24 heavy (non-hydrogen) atoms. The molecule has 2 aromatic carbocycles. The first-order valence-corrected chi connectivity index (χ1v) is 8.40. The third-order valence-corrected chi connectivity index (χ3v) is 4.45. The Morgan fingerprint density at radius 3 is 2.42 bits per heavy atom. The van der Waals surface area contributed by atoms with E-state index in [0.717, 1.165) is 16.2 Å². The molecule has 0 amide bonds. The minimum atomic E-state index is -0.163. The van der Waals surface area contributed by atoms with Crippen LogP contribution in [0.2, 0.25) is 15.1 Å². The number of benzene rings is 2. The largest absolute Gasteiger partial charge is 0.327 e. The molecule has 0 aliphatic carbocycles. The fraction of sp³-hybridized carbons (Fsp3) is 0.188. The SMILES string of the molecule is C[NH+](C)[C@@H](c1ccc(Cl)cc1Cl)c1nnnn1-c1cccc(Cl)c1. The summed E-state index contributed by atoms with van der Waals surface area (Å²) in [7, 11) is 4.04. The van der Waals surface area contributed by atoms with Crippen LogP contribution in [0.4, 0.5) is 0 Å². The molecule has 0 saturated heterocycles. The van der Waals surface area contributed by atoms with Crippen LogP contribution in [0, 0.1) is 0 Å². The van der Waals surface area contributed by atoms with E-state index in [1.165, 1.54) is 0 Å². The molecular weight excluding hydrogens is 369 g/mol. The number of hydrogen-bond acceptors (Lipinski definition) is 3. The number of hydrogen-bond donors (Lipinski definition) is 1. The second-order valence-electron chi connectivity index (χ2n) is 5.60. The summed E-state index contributed by atoms with van der Waals surface area (Å²) >= 11 is 18.5. The number of tetrazole rings is 1. The normalized spacial score (nSPS) is 12.6. The van der Waals surface area contributed by atoms with Crippen molar-refractivity contribution >= 4 is 34.8 Å². The first-order valence-electron chi connectivity index (χ1n) is 7.26. The van der Waals surface area contributed by atoms with Gasteiger partial charge in [0.1, 0.15) is 0 Å². The number of halogens is 3. The van der Waals surface area contributed by atoms with Gasteiger partial charge in [-0.25, -0.2) is 0 Å². The third-order valence-electron chi connectivity index (χ3n) is 3.66. The fourth-order valence-corrected chi connectivity index (χ4v) is 3.31. The second-order valence-corrected chi connectivity index (χ2v) is 6.89. The van der Waals surface area contributed by atoms with E-state index in [4.69, 9.17) is 34.8 Å². The van der Waals surface area contributed by atoms with Crippen LogP contribution >= 0.6 is 34.8 Å². The van der Waals surface area contributed by atoms with Crippen LogP contribution in [0.5, 0.6) is 0 Å². The first kappa shape index (κ1) is 17.2. The van der Waals surface area contributed by atoms with Crippen LogP contribution in [0.15, 0.2) is 42.5 Å². The van der Waals surface area contributed by atoms with Gasteiger partial charge in [0, 0.05) is 15.6 Å². The van der Waals surface area contributed by atoms with Crippen LogP contribution in [-0.4, -0.2) is 34.3 Å². The van der Waals surface area contributed by atoms with Crippen molar-refractivity contribution in [1.82, 2.24) is 20.2 Å². The summed E-state index contributed by atoms with van der Waals surface area (Å²) in [4.78, 5) is 1.11. The molecule has 124 valence electrons. The number of quaternary nitrogens is 1. The molecule has 5 nitrogen and oxygen atoms in total. The lowest BCUT2D eigenvalue weighted by molar-refractivity contribution is -0.886. The summed E-state index contributed by atoms with van der Waals surface area (Å²) in [6.07, 6.45) is 0. The van der Waals surface area contributed by atoms with Gasteiger partial charge in [0.2, 0.25) is 5.82 Å². The minimum absolute atomic E-state index is 0.163. The van der Waals surface area contributed by atoms with Crippen LogP contribution < -0.4 is 4.90 Å². The Kier molecular flexibility index (Phi) is 5.06. The zero-order chi connectivity index (χ0) is 17.3. The minimum Gasteiger partial charge on any atom is -0.327 e. The molecular formula is C16H15Cl3N5+. The van der Waals surface area contributed by atoms with Crippen molar-refractivity contribution in [3.05, 3.63) is 68.9 Å². The van der Waals surface area contributed by atoms with Crippen molar-refractivity contribution < 1.29 is 4.90 Å².